The Morgan fingerprint density at radius 3 is 2.54 bits per heavy atom. The van der Waals surface area contributed by atoms with Gasteiger partial charge >= 0.3 is 0 Å². The van der Waals surface area contributed by atoms with E-state index in [0.717, 1.165) is 31.9 Å². The molecule has 0 unspecified atom stereocenters. The molecule has 8 nitrogen and oxygen atoms in total. The van der Waals surface area contributed by atoms with Gasteiger partial charge in [-0.1, -0.05) is 32.1 Å². The maximum atomic E-state index is 12.5. The van der Waals surface area contributed by atoms with Gasteiger partial charge in [0.1, 0.15) is 12.1 Å². The van der Waals surface area contributed by atoms with Crippen LogP contribution in [0, 0.1) is 5.92 Å². The van der Waals surface area contributed by atoms with Crippen molar-refractivity contribution in [1.29, 1.82) is 0 Å². The third kappa shape index (κ3) is 5.15. The SMILES string of the molecule is CS(=O)(=O)N1CCNC[C@@H]1C(=O)N[C@@H](CC1CCCCC1)C(N)=O. The Morgan fingerprint density at radius 1 is 1.29 bits per heavy atom. The fourth-order valence-corrected chi connectivity index (χ4v) is 4.63. The normalized spacial score (nSPS) is 25.1. The number of hydrogen-bond donors (Lipinski definition) is 3. The first-order chi connectivity index (χ1) is 11.3. The van der Waals surface area contributed by atoms with E-state index in [-0.39, 0.29) is 13.1 Å². The van der Waals surface area contributed by atoms with Crippen LogP contribution in [0.15, 0.2) is 0 Å². The highest BCUT2D eigenvalue weighted by Crippen LogP contribution is 2.27. The molecule has 0 bridgehead atoms. The first kappa shape index (κ1) is 19.1. The number of nitrogens with two attached hydrogens (primary N) is 1. The molecule has 2 aliphatic rings. The van der Waals surface area contributed by atoms with Crippen LogP contribution in [0.5, 0.6) is 0 Å². The number of rotatable bonds is 6. The van der Waals surface area contributed by atoms with Gasteiger partial charge in [-0.05, 0) is 12.3 Å². The van der Waals surface area contributed by atoms with Crippen LogP contribution in [-0.2, 0) is 19.6 Å². The first-order valence-electron chi connectivity index (χ1n) is 8.56. The summed E-state index contributed by atoms with van der Waals surface area (Å²) in [5, 5.41) is 5.69. The zero-order valence-corrected chi connectivity index (χ0v) is 15.0. The Kier molecular flexibility index (Phi) is 6.59. The lowest BCUT2D eigenvalue weighted by Crippen LogP contribution is -2.61. The van der Waals surface area contributed by atoms with E-state index in [1.165, 1.54) is 10.7 Å². The number of primary amides is 1. The van der Waals surface area contributed by atoms with E-state index in [0.29, 0.717) is 18.9 Å². The molecule has 1 heterocycles. The van der Waals surface area contributed by atoms with Gasteiger partial charge in [0.05, 0.1) is 6.26 Å². The highest BCUT2D eigenvalue weighted by molar-refractivity contribution is 7.88. The van der Waals surface area contributed by atoms with Crippen LogP contribution >= 0.6 is 0 Å². The molecule has 9 heteroatoms. The van der Waals surface area contributed by atoms with Crippen LogP contribution in [0.4, 0.5) is 0 Å². The topological polar surface area (TPSA) is 122 Å². The van der Waals surface area contributed by atoms with Crippen LogP contribution in [0.3, 0.4) is 0 Å². The summed E-state index contributed by atoms with van der Waals surface area (Å²) in [5.41, 5.74) is 5.45. The monoisotopic (exact) mass is 360 g/mol. The van der Waals surface area contributed by atoms with Crippen molar-refractivity contribution in [3.8, 4) is 0 Å². The highest BCUT2D eigenvalue weighted by atomic mass is 32.2. The van der Waals surface area contributed by atoms with Crippen molar-refractivity contribution >= 4 is 21.8 Å². The molecule has 1 aliphatic carbocycles. The van der Waals surface area contributed by atoms with E-state index >= 15 is 0 Å². The zero-order valence-electron chi connectivity index (χ0n) is 14.2. The number of nitrogens with zero attached hydrogens (tertiary/aromatic N) is 1. The molecule has 0 aromatic carbocycles. The molecule has 138 valence electrons. The van der Waals surface area contributed by atoms with Crippen molar-refractivity contribution in [2.45, 2.75) is 50.6 Å². The standard InChI is InChI=1S/C15H28N4O4S/c1-24(22,23)19-8-7-17-10-13(19)15(21)18-12(14(16)20)9-11-5-3-2-4-6-11/h11-13,17H,2-10H2,1H3,(H2,16,20)(H,18,21)/t12-,13+/m0/s1. The van der Waals surface area contributed by atoms with Gasteiger partial charge in [0, 0.05) is 19.6 Å². The molecule has 0 aromatic rings. The Balaban J connectivity index is 2.01. The molecule has 2 amide bonds. The van der Waals surface area contributed by atoms with Crippen molar-refractivity contribution in [3.05, 3.63) is 0 Å². The second-order valence-electron chi connectivity index (χ2n) is 6.80. The second kappa shape index (κ2) is 8.26. The fraction of sp³-hybridized carbons (Fsp3) is 0.867. The number of piperazine rings is 1. The lowest BCUT2D eigenvalue weighted by Gasteiger charge is -2.34. The number of carbonyl (C=O) groups is 2. The summed E-state index contributed by atoms with van der Waals surface area (Å²) < 4.78 is 24.9. The molecule has 0 spiro atoms. The summed E-state index contributed by atoms with van der Waals surface area (Å²) in [5.74, 6) is -0.650. The van der Waals surface area contributed by atoms with Crippen molar-refractivity contribution < 1.29 is 18.0 Å². The Labute approximate surface area is 143 Å². The maximum Gasteiger partial charge on any atom is 0.240 e. The maximum absolute atomic E-state index is 12.5. The average molecular weight is 360 g/mol. The van der Waals surface area contributed by atoms with Crippen molar-refractivity contribution in [2.75, 3.05) is 25.9 Å². The van der Waals surface area contributed by atoms with E-state index in [4.69, 9.17) is 5.73 Å². The minimum absolute atomic E-state index is 0.230. The third-order valence-electron chi connectivity index (χ3n) is 4.88. The van der Waals surface area contributed by atoms with Gasteiger partial charge in [-0.15, -0.1) is 0 Å². The van der Waals surface area contributed by atoms with Crippen LogP contribution < -0.4 is 16.4 Å². The summed E-state index contributed by atoms with van der Waals surface area (Å²) in [6, 6.07) is -1.59. The smallest absolute Gasteiger partial charge is 0.240 e. The molecule has 2 atom stereocenters. The summed E-state index contributed by atoms with van der Waals surface area (Å²) >= 11 is 0. The molecule has 0 radical (unpaired) electrons. The molecule has 24 heavy (non-hydrogen) atoms. The molecular weight excluding hydrogens is 332 g/mol. The highest BCUT2D eigenvalue weighted by Gasteiger charge is 2.36. The average Bonchev–Trinajstić information content (AvgIpc) is 2.54. The number of hydrogen-bond acceptors (Lipinski definition) is 5. The van der Waals surface area contributed by atoms with E-state index in [1.807, 2.05) is 0 Å². The fourth-order valence-electron chi connectivity index (χ4n) is 3.58. The summed E-state index contributed by atoms with van der Waals surface area (Å²) in [6.07, 6.45) is 7.19. The van der Waals surface area contributed by atoms with Gasteiger partial charge < -0.3 is 16.4 Å². The van der Waals surface area contributed by atoms with Gasteiger partial charge in [0.25, 0.3) is 0 Å². The van der Waals surface area contributed by atoms with Gasteiger partial charge in [-0.3, -0.25) is 9.59 Å². The molecule has 2 fully saturated rings. The van der Waals surface area contributed by atoms with Gasteiger partial charge in [-0.25, -0.2) is 8.42 Å². The largest absolute Gasteiger partial charge is 0.368 e. The molecule has 1 saturated heterocycles. The summed E-state index contributed by atoms with van der Waals surface area (Å²) in [7, 11) is -3.49. The molecular formula is C15H28N4O4S. The van der Waals surface area contributed by atoms with Crippen molar-refractivity contribution in [3.63, 3.8) is 0 Å². The van der Waals surface area contributed by atoms with E-state index < -0.39 is 33.9 Å². The Morgan fingerprint density at radius 2 is 1.96 bits per heavy atom. The van der Waals surface area contributed by atoms with Crippen LogP contribution in [0.1, 0.15) is 38.5 Å². The molecule has 1 saturated carbocycles. The summed E-state index contributed by atoms with van der Waals surface area (Å²) in [4.78, 5) is 24.3. The van der Waals surface area contributed by atoms with Crippen molar-refractivity contribution in [2.24, 2.45) is 11.7 Å². The Hall–Kier alpha value is -1.19. The molecule has 2 rings (SSSR count). The number of amides is 2. The van der Waals surface area contributed by atoms with Gasteiger partial charge in [0.15, 0.2) is 0 Å². The van der Waals surface area contributed by atoms with Crippen LogP contribution in [0.25, 0.3) is 0 Å². The lowest BCUT2D eigenvalue weighted by atomic mass is 9.84. The minimum Gasteiger partial charge on any atom is -0.368 e. The molecule has 1 aliphatic heterocycles. The lowest BCUT2D eigenvalue weighted by molar-refractivity contribution is -0.130. The predicted octanol–water partition coefficient (Wildman–Crippen LogP) is -0.840. The van der Waals surface area contributed by atoms with Crippen LogP contribution in [0.2, 0.25) is 0 Å². The minimum atomic E-state index is -3.49. The predicted molar refractivity (Wildman–Crippen MR) is 90.5 cm³/mol. The summed E-state index contributed by atoms with van der Waals surface area (Å²) in [6.45, 7) is 0.965. The first-order valence-corrected chi connectivity index (χ1v) is 10.4. The van der Waals surface area contributed by atoms with E-state index in [1.54, 1.807) is 0 Å². The molecule has 0 aromatic heterocycles. The second-order valence-corrected chi connectivity index (χ2v) is 8.73. The number of nitrogens with one attached hydrogen (secondary N) is 2. The zero-order chi connectivity index (χ0) is 17.7. The number of carbonyl (C=O) groups excluding carboxylic acids is 2. The van der Waals surface area contributed by atoms with Crippen LogP contribution in [-0.4, -0.2) is 62.5 Å². The van der Waals surface area contributed by atoms with E-state index in [9.17, 15) is 18.0 Å². The van der Waals surface area contributed by atoms with Crippen molar-refractivity contribution in [1.82, 2.24) is 14.9 Å². The Bertz CT molecular complexity index is 560. The van der Waals surface area contributed by atoms with E-state index in [2.05, 4.69) is 10.6 Å². The molecule has 4 N–H and O–H groups in total. The quantitative estimate of drug-likeness (QED) is 0.570. The van der Waals surface area contributed by atoms with Gasteiger partial charge in [-0.2, -0.15) is 4.31 Å². The number of sulfonamides is 1. The van der Waals surface area contributed by atoms with Gasteiger partial charge in [0.2, 0.25) is 21.8 Å². The third-order valence-corrected chi connectivity index (χ3v) is 6.17.